The second kappa shape index (κ2) is 8.12. The number of nitrogens with one attached hydrogen (secondary N) is 1. The summed E-state index contributed by atoms with van der Waals surface area (Å²) in [5.74, 6) is 6.17. The molecule has 5 heteroatoms. The van der Waals surface area contributed by atoms with Crippen LogP contribution in [0.2, 0.25) is 0 Å². The molecule has 138 valence electrons. The summed E-state index contributed by atoms with van der Waals surface area (Å²) in [6, 6.07) is 18.6. The van der Waals surface area contributed by atoms with E-state index >= 15 is 0 Å². The Morgan fingerprint density at radius 3 is 2.61 bits per heavy atom. The first-order valence-corrected chi connectivity index (χ1v) is 9.94. The Morgan fingerprint density at radius 1 is 1.04 bits per heavy atom. The molecule has 3 aromatic rings. The van der Waals surface area contributed by atoms with Crippen LogP contribution in [0.25, 0.3) is 0 Å². The number of carbonyl (C=O) groups is 2. The average molecular weight is 386 g/mol. The molecule has 2 amide bonds. The zero-order valence-electron chi connectivity index (χ0n) is 15.1. The third-order valence-corrected chi connectivity index (χ3v) is 5.27. The van der Waals surface area contributed by atoms with E-state index in [0.29, 0.717) is 17.7 Å². The quantitative estimate of drug-likeness (QED) is 0.673. The second-order valence-corrected chi connectivity index (χ2v) is 7.41. The van der Waals surface area contributed by atoms with Gasteiger partial charge in [-0.05, 0) is 60.3 Å². The van der Waals surface area contributed by atoms with Crippen molar-refractivity contribution < 1.29 is 9.59 Å². The Bertz CT molecular complexity index is 1060. The lowest BCUT2D eigenvalue weighted by Gasteiger charge is -2.15. The maximum absolute atomic E-state index is 12.5. The van der Waals surface area contributed by atoms with E-state index in [9.17, 15) is 9.59 Å². The predicted molar refractivity (Wildman–Crippen MR) is 113 cm³/mol. The number of thiophene rings is 1. The fourth-order valence-corrected chi connectivity index (χ4v) is 3.65. The van der Waals surface area contributed by atoms with Crippen molar-refractivity contribution in [1.82, 2.24) is 0 Å². The molecule has 0 aliphatic carbocycles. The van der Waals surface area contributed by atoms with Gasteiger partial charge in [-0.3, -0.25) is 9.59 Å². The fourth-order valence-electron chi connectivity index (χ4n) is 3.08. The van der Waals surface area contributed by atoms with Crippen molar-refractivity contribution >= 4 is 34.5 Å². The Kier molecular flexibility index (Phi) is 5.22. The maximum atomic E-state index is 12.5. The highest BCUT2D eigenvalue weighted by molar-refractivity contribution is 7.10. The zero-order valence-corrected chi connectivity index (χ0v) is 16.0. The lowest BCUT2D eigenvalue weighted by molar-refractivity contribution is -0.117. The van der Waals surface area contributed by atoms with Crippen molar-refractivity contribution in [2.75, 3.05) is 16.8 Å². The lowest BCUT2D eigenvalue weighted by Crippen LogP contribution is -2.23. The Balaban J connectivity index is 1.45. The third kappa shape index (κ3) is 4.13. The number of hydrogen-bond acceptors (Lipinski definition) is 3. The summed E-state index contributed by atoms with van der Waals surface area (Å²) < 4.78 is 0. The normalized spacial score (nSPS) is 13.1. The molecule has 28 heavy (non-hydrogen) atoms. The van der Waals surface area contributed by atoms with Gasteiger partial charge in [-0.1, -0.05) is 24.0 Å². The number of carbonyl (C=O) groups excluding carboxylic acids is 2. The molecular weight excluding hydrogens is 368 g/mol. The molecule has 1 fully saturated rings. The Hall–Kier alpha value is -3.36. The Morgan fingerprint density at radius 2 is 1.89 bits per heavy atom. The molecule has 1 N–H and O–H groups in total. The lowest BCUT2D eigenvalue weighted by atomic mass is 10.1. The van der Waals surface area contributed by atoms with Gasteiger partial charge in [0.15, 0.2) is 0 Å². The first kappa shape index (κ1) is 18.0. The van der Waals surface area contributed by atoms with E-state index in [-0.39, 0.29) is 11.8 Å². The van der Waals surface area contributed by atoms with Crippen LogP contribution in [0.1, 0.15) is 33.6 Å². The van der Waals surface area contributed by atoms with Gasteiger partial charge in [0.25, 0.3) is 5.91 Å². The molecule has 2 aromatic carbocycles. The van der Waals surface area contributed by atoms with Gasteiger partial charge in [-0.15, -0.1) is 11.3 Å². The summed E-state index contributed by atoms with van der Waals surface area (Å²) in [5.41, 5.74) is 2.92. The number of rotatable bonds is 3. The van der Waals surface area contributed by atoms with Gasteiger partial charge in [0, 0.05) is 35.5 Å². The summed E-state index contributed by atoms with van der Waals surface area (Å²) in [6.45, 7) is 0.740. The molecule has 0 bridgehead atoms. The van der Waals surface area contributed by atoms with E-state index < -0.39 is 0 Å². The number of benzene rings is 2. The third-order valence-electron chi connectivity index (χ3n) is 4.49. The van der Waals surface area contributed by atoms with Gasteiger partial charge < -0.3 is 10.2 Å². The minimum absolute atomic E-state index is 0.137. The molecule has 0 atom stereocenters. The van der Waals surface area contributed by atoms with Crippen molar-refractivity contribution in [3.63, 3.8) is 0 Å². The van der Waals surface area contributed by atoms with Crippen LogP contribution >= 0.6 is 11.3 Å². The van der Waals surface area contributed by atoms with Crippen molar-refractivity contribution in [2.24, 2.45) is 0 Å². The van der Waals surface area contributed by atoms with Crippen molar-refractivity contribution in [2.45, 2.75) is 12.8 Å². The van der Waals surface area contributed by atoms with Crippen LogP contribution in [0.5, 0.6) is 0 Å². The van der Waals surface area contributed by atoms with E-state index in [1.54, 1.807) is 28.4 Å². The van der Waals surface area contributed by atoms with Crippen LogP contribution in [0.4, 0.5) is 11.4 Å². The smallest absolute Gasteiger partial charge is 0.255 e. The molecule has 1 saturated heterocycles. The van der Waals surface area contributed by atoms with Gasteiger partial charge in [0.2, 0.25) is 5.91 Å². The number of amides is 2. The monoisotopic (exact) mass is 386 g/mol. The number of hydrogen-bond donors (Lipinski definition) is 1. The molecule has 0 unspecified atom stereocenters. The summed E-state index contributed by atoms with van der Waals surface area (Å²) in [5, 5.41) is 4.90. The molecule has 0 saturated carbocycles. The van der Waals surface area contributed by atoms with Crippen LogP contribution in [0.3, 0.4) is 0 Å². The molecule has 0 spiro atoms. The summed E-state index contributed by atoms with van der Waals surface area (Å²) in [6.07, 6.45) is 1.47. The maximum Gasteiger partial charge on any atom is 0.255 e. The molecule has 1 aliphatic rings. The SMILES string of the molecule is O=C(Nc1cccc(C#Cc2cccs2)c1)c1ccc(N2CCCC2=O)cc1. The standard InChI is InChI=1S/C23H18N2O2S/c26-22-7-2-14-25(22)20-11-9-18(10-12-20)23(27)24-19-5-1-4-17(16-19)8-13-21-6-3-15-28-21/h1,3-6,9-12,15-16H,2,7,14H2,(H,24,27). The molecule has 1 aliphatic heterocycles. The largest absolute Gasteiger partial charge is 0.322 e. The van der Waals surface area contributed by atoms with Gasteiger partial charge in [0.1, 0.15) is 0 Å². The summed E-state index contributed by atoms with van der Waals surface area (Å²) >= 11 is 1.60. The molecule has 2 heterocycles. The van der Waals surface area contributed by atoms with E-state index in [4.69, 9.17) is 0 Å². The highest BCUT2D eigenvalue weighted by Crippen LogP contribution is 2.22. The van der Waals surface area contributed by atoms with Gasteiger partial charge >= 0.3 is 0 Å². The van der Waals surface area contributed by atoms with E-state index in [1.165, 1.54) is 0 Å². The second-order valence-electron chi connectivity index (χ2n) is 6.46. The minimum Gasteiger partial charge on any atom is -0.322 e. The fraction of sp³-hybridized carbons (Fsp3) is 0.130. The number of nitrogens with zero attached hydrogens (tertiary/aromatic N) is 1. The van der Waals surface area contributed by atoms with Gasteiger partial charge in [-0.2, -0.15) is 0 Å². The molecule has 4 nitrogen and oxygen atoms in total. The Labute approximate surface area is 167 Å². The molecule has 0 radical (unpaired) electrons. The highest BCUT2D eigenvalue weighted by atomic mass is 32.1. The van der Waals surface area contributed by atoms with Crippen molar-refractivity contribution in [1.29, 1.82) is 0 Å². The van der Waals surface area contributed by atoms with Crippen LogP contribution in [-0.4, -0.2) is 18.4 Å². The highest BCUT2D eigenvalue weighted by Gasteiger charge is 2.21. The van der Waals surface area contributed by atoms with Crippen LogP contribution < -0.4 is 10.2 Å². The predicted octanol–water partition coefficient (Wildman–Crippen LogP) is 4.53. The average Bonchev–Trinajstić information content (AvgIpc) is 3.38. The van der Waals surface area contributed by atoms with Crippen LogP contribution in [-0.2, 0) is 4.79 Å². The topological polar surface area (TPSA) is 49.4 Å². The van der Waals surface area contributed by atoms with E-state index in [0.717, 1.165) is 29.1 Å². The first-order valence-electron chi connectivity index (χ1n) is 9.06. The van der Waals surface area contributed by atoms with E-state index in [1.807, 2.05) is 53.9 Å². The van der Waals surface area contributed by atoms with Crippen molar-refractivity contribution in [3.05, 3.63) is 82.0 Å². The number of anilines is 2. The molecule has 1 aromatic heterocycles. The summed E-state index contributed by atoms with van der Waals surface area (Å²) in [7, 11) is 0. The minimum atomic E-state index is -0.192. The van der Waals surface area contributed by atoms with Gasteiger partial charge in [-0.25, -0.2) is 0 Å². The van der Waals surface area contributed by atoms with E-state index in [2.05, 4.69) is 17.2 Å². The van der Waals surface area contributed by atoms with Gasteiger partial charge in [0.05, 0.1) is 4.88 Å². The zero-order chi connectivity index (χ0) is 19.3. The van der Waals surface area contributed by atoms with Crippen molar-refractivity contribution in [3.8, 4) is 11.8 Å². The molecule has 4 rings (SSSR count). The van der Waals surface area contributed by atoms with Crippen LogP contribution in [0, 0.1) is 11.8 Å². The van der Waals surface area contributed by atoms with Crippen LogP contribution in [0.15, 0.2) is 66.0 Å². The molecular formula is C23H18N2O2S. The summed E-state index contributed by atoms with van der Waals surface area (Å²) in [4.78, 5) is 27.1. The first-order chi connectivity index (χ1) is 13.7.